The van der Waals surface area contributed by atoms with Crippen molar-refractivity contribution in [2.75, 3.05) is 33.2 Å². The van der Waals surface area contributed by atoms with Crippen molar-refractivity contribution in [2.24, 2.45) is 0 Å². The Hall–Kier alpha value is -1.88. The van der Waals surface area contributed by atoms with Crippen molar-refractivity contribution in [3.8, 4) is 0 Å². The maximum absolute atomic E-state index is 12.7. The second-order valence-corrected chi connectivity index (χ2v) is 6.54. The zero-order valence-corrected chi connectivity index (χ0v) is 14.8. The molecule has 1 unspecified atom stereocenters. The van der Waals surface area contributed by atoms with Gasteiger partial charge in [0.15, 0.2) is 0 Å². The van der Waals surface area contributed by atoms with E-state index in [9.17, 15) is 9.59 Å². The maximum Gasteiger partial charge on any atom is 0.224 e. The minimum absolute atomic E-state index is 0.00563. The predicted octanol–water partition coefficient (Wildman–Crippen LogP) is 2.20. The Balaban J connectivity index is 1.89. The summed E-state index contributed by atoms with van der Waals surface area (Å²) in [5.74, 6) is 0.237. The van der Waals surface area contributed by atoms with Gasteiger partial charge < -0.3 is 10.2 Å². The van der Waals surface area contributed by atoms with Crippen LogP contribution in [-0.4, -0.2) is 54.8 Å². The minimum atomic E-state index is 0.00563. The van der Waals surface area contributed by atoms with Gasteiger partial charge in [0.25, 0.3) is 0 Å². The van der Waals surface area contributed by atoms with Gasteiger partial charge in [-0.3, -0.25) is 14.5 Å². The number of benzene rings is 1. The number of carbonyl (C=O) groups is 2. The molecule has 0 saturated carbocycles. The number of rotatable bonds is 6. The third kappa shape index (κ3) is 5.64. The number of amides is 2. The summed E-state index contributed by atoms with van der Waals surface area (Å²) in [6.07, 6.45) is 3.37. The zero-order chi connectivity index (χ0) is 17.4. The summed E-state index contributed by atoms with van der Waals surface area (Å²) < 4.78 is 0. The van der Waals surface area contributed by atoms with Crippen molar-refractivity contribution < 1.29 is 9.59 Å². The molecule has 1 aliphatic heterocycles. The molecule has 1 aliphatic rings. The van der Waals surface area contributed by atoms with Crippen LogP contribution < -0.4 is 5.32 Å². The number of hydrogen-bond acceptors (Lipinski definition) is 3. The Labute approximate surface area is 145 Å². The van der Waals surface area contributed by atoms with Crippen molar-refractivity contribution in [2.45, 2.75) is 38.6 Å². The molecule has 132 valence electrons. The molecular weight excluding hydrogens is 302 g/mol. The van der Waals surface area contributed by atoms with Gasteiger partial charge in [0.2, 0.25) is 11.8 Å². The first-order valence-electron chi connectivity index (χ1n) is 8.85. The van der Waals surface area contributed by atoms with Crippen LogP contribution in [0.15, 0.2) is 30.3 Å². The molecule has 0 bridgehead atoms. The van der Waals surface area contributed by atoms with Crippen molar-refractivity contribution in [1.82, 2.24) is 15.1 Å². The van der Waals surface area contributed by atoms with Gasteiger partial charge in [-0.1, -0.05) is 30.3 Å². The van der Waals surface area contributed by atoms with Gasteiger partial charge in [-0.25, -0.2) is 0 Å². The zero-order valence-electron chi connectivity index (χ0n) is 14.8. The lowest BCUT2D eigenvalue weighted by molar-refractivity contribution is -0.133. The third-order valence-electron chi connectivity index (χ3n) is 4.60. The van der Waals surface area contributed by atoms with Gasteiger partial charge >= 0.3 is 0 Å². The highest BCUT2D eigenvalue weighted by Crippen LogP contribution is 2.25. The van der Waals surface area contributed by atoms with Gasteiger partial charge in [0.05, 0.1) is 0 Å². The molecular formula is C19H29N3O2. The second kappa shape index (κ2) is 9.42. The molecule has 1 fully saturated rings. The fourth-order valence-corrected chi connectivity index (χ4v) is 3.22. The fraction of sp³-hybridized carbons (Fsp3) is 0.579. The maximum atomic E-state index is 12.7. The molecule has 0 spiro atoms. The summed E-state index contributed by atoms with van der Waals surface area (Å²) in [6.45, 7) is 4.82. The van der Waals surface area contributed by atoms with Crippen LogP contribution in [0.1, 0.15) is 44.2 Å². The van der Waals surface area contributed by atoms with E-state index in [1.165, 1.54) is 12.5 Å². The molecule has 1 N–H and O–H groups in total. The summed E-state index contributed by atoms with van der Waals surface area (Å²) in [7, 11) is 2.11. The molecule has 5 nitrogen and oxygen atoms in total. The van der Waals surface area contributed by atoms with E-state index in [1.54, 1.807) is 0 Å². The third-order valence-corrected chi connectivity index (χ3v) is 4.60. The lowest BCUT2D eigenvalue weighted by Crippen LogP contribution is -2.41. The van der Waals surface area contributed by atoms with Gasteiger partial charge in [-0.05, 0) is 31.9 Å². The number of hydrogen-bond donors (Lipinski definition) is 1. The molecule has 1 atom stereocenters. The van der Waals surface area contributed by atoms with E-state index in [0.29, 0.717) is 13.0 Å². The number of unbranched alkanes of at least 4 members (excludes halogenated alkanes) is 1. The standard InChI is InChI=1S/C19H29N3O2/c1-16(23)20-11-6-7-13-22-14-8-12-21(2)18(15-19(22)24)17-9-4-3-5-10-17/h3-5,9-10,18H,6-8,11-15H2,1-2H3,(H,20,23). The van der Waals surface area contributed by atoms with E-state index in [1.807, 2.05) is 23.1 Å². The van der Waals surface area contributed by atoms with Crippen LogP contribution >= 0.6 is 0 Å². The monoisotopic (exact) mass is 331 g/mol. The van der Waals surface area contributed by atoms with Crippen molar-refractivity contribution in [3.05, 3.63) is 35.9 Å². The molecule has 0 aromatic heterocycles. The summed E-state index contributed by atoms with van der Waals surface area (Å²) in [6, 6.07) is 10.4. The van der Waals surface area contributed by atoms with Gasteiger partial charge in [0, 0.05) is 45.6 Å². The van der Waals surface area contributed by atoms with E-state index < -0.39 is 0 Å². The summed E-state index contributed by atoms with van der Waals surface area (Å²) >= 11 is 0. The van der Waals surface area contributed by atoms with E-state index in [0.717, 1.165) is 38.9 Å². The summed E-state index contributed by atoms with van der Waals surface area (Å²) in [5.41, 5.74) is 1.21. The first kappa shape index (κ1) is 18.5. The Morgan fingerprint density at radius 2 is 1.96 bits per heavy atom. The summed E-state index contributed by atoms with van der Waals surface area (Å²) in [5, 5.41) is 2.80. The molecule has 0 radical (unpaired) electrons. The fourth-order valence-electron chi connectivity index (χ4n) is 3.22. The normalized spacial score (nSPS) is 19.7. The Morgan fingerprint density at radius 3 is 2.67 bits per heavy atom. The largest absolute Gasteiger partial charge is 0.356 e. The number of nitrogens with one attached hydrogen (secondary N) is 1. The Morgan fingerprint density at radius 1 is 1.21 bits per heavy atom. The SMILES string of the molecule is CC(=O)NCCCCN1CCCN(C)C(c2ccccc2)CC1=O. The molecule has 1 heterocycles. The summed E-state index contributed by atoms with van der Waals surface area (Å²) in [4.78, 5) is 27.9. The van der Waals surface area contributed by atoms with Gasteiger partial charge in [0.1, 0.15) is 0 Å². The van der Waals surface area contributed by atoms with Crippen LogP contribution in [0, 0.1) is 0 Å². The lowest BCUT2D eigenvalue weighted by atomic mass is 10.00. The molecule has 1 aromatic rings. The molecule has 5 heteroatoms. The van der Waals surface area contributed by atoms with E-state index >= 15 is 0 Å². The van der Waals surface area contributed by atoms with Crippen molar-refractivity contribution >= 4 is 11.8 Å². The van der Waals surface area contributed by atoms with Crippen LogP contribution in [0.4, 0.5) is 0 Å². The topological polar surface area (TPSA) is 52.7 Å². The van der Waals surface area contributed by atoms with Crippen LogP contribution in [0.5, 0.6) is 0 Å². The Bertz CT molecular complexity index is 533. The highest BCUT2D eigenvalue weighted by atomic mass is 16.2. The average Bonchev–Trinajstić information content (AvgIpc) is 2.56. The molecule has 2 rings (SSSR count). The predicted molar refractivity (Wildman–Crippen MR) is 95.5 cm³/mol. The van der Waals surface area contributed by atoms with Gasteiger partial charge in [-0.15, -0.1) is 0 Å². The second-order valence-electron chi connectivity index (χ2n) is 6.54. The smallest absolute Gasteiger partial charge is 0.224 e. The molecule has 1 saturated heterocycles. The average molecular weight is 331 g/mol. The van der Waals surface area contributed by atoms with E-state index in [4.69, 9.17) is 0 Å². The van der Waals surface area contributed by atoms with E-state index in [-0.39, 0.29) is 17.9 Å². The van der Waals surface area contributed by atoms with Crippen LogP contribution in [0.3, 0.4) is 0 Å². The molecule has 2 amide bonds. The van der Waals surface area contributed by atoms with Crippen molar-refractivity contribution in [3.63, 3.8) is 0 Å². The quantitative estimate of drug-likeness (QED) is 0.813. The number of nitrogens with zero attached hydrogens (tertiary/aromatic N) is 2. The first-order chi connectivity index (χ1) is 11.6. The highest BCUT2D eigenvalue weighted by molar-refractivity contribution is 5.77. The molecule has 24 heavy (non-hydrogen) atoms. The van der Waals surface area contributed by atoms with Crippen LogP contribution in [0.25, 0.3) is 0 Å². The Kier molecular flexibility index (Phi) is 7.25. The highest BCUT2D eigenvalue weighted by Gasteiger charge is 2.25. The van der Waals surface area contributed by atoms with Gasteiger partial charge in [-0.2, -0.15) is 0 Å². The minimum Gasteiger partial charge on any atom is -0.356 e. The van der Waals surface area contributed by atoms with Crippen LogP contribution in [0.2, 0.25) is 0 Å². The lowest BCUT2D eigenvalue weighted by Gasteiger charge is -2.34. The molecule has 0 aliphatic carbocycles. The first-order valence-corrected chi connectivity index (χ1v) is 8.85. The number of carbonyl (C=O) groups excluding carboxylic acids is 2. The van der Waals surface area contributed by atoms with E-state index in [2.05, 4.69) is 29.4 Å². The van der Waals surface area contributed by atoms with Crippen LogP contribution in [-0.2, 0) is 9.59 Å². The molecule has 1 aromatic carbocycles. The van der Waals surface area contributed by atoms with Crippen molar-refractivity contribution in [1.29, 1.82) is 0 Å².